The number of nitrogens with one attached hydrogen (secondary N) is 1. The fourth-order valence-electron chi connectivity index (χ4n) is 3.04. The Morgan fingerprint density at radius 2 is 2.00 bits per heavy atom. The molecule has 2 heterocycles. The Hall–Kier alpha value is -2.55. The van der Waals surface area contributed by atoms with Gasteiger partial charge in [-0.3, -0.25) is 4.79 Å². The number of carbonyl (C=O) groups is 2. The summed E-state index contributed by atoms with van der Waals surface area (Å²) >= 11 is 1.10. The van der Waals surface area contributed by atoms with Crippen LogP contribution in [0.5, 0.6) is 0 Å². The average Bonchev–Trinajstić information content (AvgIpc) is 3.09. The van der Waals surface area contributed by atoms with E-state index in [4.69, 9.17) is 0 Å². The van der Waals surface area contributed by atoms with Crippen LogP contribution in [-0.2, 0) is 4.79 Å². The first-order valence-corrected chi connectivity index (χ1v) is 9.41. The summed E-state index contributed by atoms with van der Waals surface area (Å²) in [6, 6.07) is 3.48. The van der Waals surface area contributed by atoms with Gasteiger partial charge >= 0.3 is 6.03 Å². The maximum absolute atomic E-state index is 13.9. The summed E-state index contributed by atoms with van der Waals surface area (Å²) in [5.41, 5.74) is -0.0753. The Bertz CT molecular complexity index is 835. The molecule has 3 rings (SSSR count). The third-order valence-electron chi connectivity index (χ3n) is 4.40. The van der Waals surface area contributed by atoms with Gasteiger partial charge in [-0.25, -0.2) is 18.6 Å². The van der Waals surface area contributed by atoms with Gasteiger partial charge in [0.2, 0.25) is 5.91 Å². The second-order valence-corrected chi connectivity index (χ2v) is 7.44. The number of urea groups is 1. The third kappa shape index (κ3) is 4.24. The summed E-state index contributed by atoms with van der Waals surface area (Å²) in [7, 11) is 3.34. The van der Waals surface area contributed by atoms with Gasteiger partial charge in [0.15, 0.2) is 5.13 Å². The van der Waals surface area contributed by atoms with Crippen LogP contribution in [0.4, 0.5) is 18.7 Å². The smallest absolute Gasteiger partial charge is 0.319 e. The number of amides is 3. The number of hydrogen-bond acceptors (Lipinski definition) is 4. The van der Waals surface area contributed by atoms with Gasteiger partial charge in [-0.05, 0) is 25.0 Å². The van der Waals surface area contributed by atoms with Crippen LogP contribution in [0.2, 0.25) is 0 Å². The second kappa shape index (κ2) is 7.99. The molecule has 27 heavy (non-hydrogen) atoms. The minimum absolute atomic E-state index is 0.126. The maximum atomic E-state index is 13.9. The third-order valence-corrected chi connectivity index (χ3v) is 5.16. The van der Waals surface area contributed by atoms with Gasteiger partial charge in [0.1, 0.15) is 11.6 Å². The van der Waals surface area contributed by atoms with E-state index in [-0.39, 0.29) is 34.2 Å². The molecule has 1 aliphatic heterocycles. The van der Waals surface area contributed by atoms with E-state index >= 15 is 0 Å². The van der Waals surface area contributed by atoms with Gasteiger partial charge in [0.25, 0.3) is 0 Å². The van der Waals surface area contributed by atoms with Crippen molar-refractivity contribution in [2.24, 2.45) is 5.92 Å². The largest absolute Gasteiger partial charge is 0.331 e. The van der Waals surface area contributed by atoms with Crippen molar-refractivity contribution in [3.05, 3.63) is 35.2 Å². The molecule has 9 heteroatoms. The zero-order chi connectivity index (χ0) is 19.6. The van der Waals surface area contributed by atoms with E-state index in [1.807, 2.05) is 0 Å². The predicted octanol–water partition coefficient (Wildman–Crippen LogP) is 3.42. The van der Waals surface area contributed by atoms with E-state index in [1.165, 1.54) is 16.3 Å². The van der Waals surface area contributed by atoms with Crippen molar-refractivity contribution in [2.45, 2.75) is 12.8 Å². The van der Waals surface area contributed by atoms with Crippen LogP contribution in [0.15, 0.2) is 23.6 Å². The molecule has 1 saturated heterocycles. The highest BCUT2D eigenvalue weighted by atomic mass is 32.1. The lowest BCUT2D eigenvalue weighted by Gasteiger charge is -2.33. The molecule has 0 bridgehead atoms. The number of nitrogens with zero attached hydrogens (tertiary/aromatic N) is 3. The molecule has 1 N–H and O–H groups in total. The molecular formula is C18H20F2N4O2S. The molecule has 1 aromatic carbocycles. The number of anilines is 1. The molecule has 0 saturated carbocycles. The van der Waals surface area contributed by atoms with Crippen molar-refractivity contribution in [1.82, 2.24) is 14.8 Å². The number of piperidine rings is 1. The predicted molar refractivity (Wildman–Crippen MR) is 99.5 cm³/mol. The first-order valence-electron chi connectivity index (χ1n) is 8.54. The Morgan fingerprint density at radius 3 is 2.67 bits per heavy atom. The summed E-state index contributed by atoms with van der Waals surface area (Å²) in [4.78, 5) is 31.9. The Labute approximate surface area is 159 Å². The Kier molecular flexibility index (Phi) is 5.69. The van der Waals surface area contributed by atoms with Crippen molar-refractivity contribution in [2.75, 3.05) is 32.5 Å². The lowest BCUT2D eigenvalue weighted by Crippen LogP contribution is -2.47. The molecule has 0 aliphatic carbocycles. The number of halogens is 2. The van der Waals surface area contributed by atoms with Crippen molar-refractivity contribution < 1.29 is 18.4 Å². The van der Waals surface area contributed by atoms with E-state index in [0.717, 1.165) is 29.9 Å². The molecule has 1 fully saturated rings. The van der Waals surface area contributed by atoms with Crippen LogP contribution < -0.4 is 5.32 Å². The number of thiazole rings is 1. The number of carbonyl (C=O) groups excluding carboxylic acids is 2. The molecule has 2 aromatic rings. The molecular weight excluding hydrogens is 374 g/mol. The number of aromatic nitrogens is 1. The summed E-state index contributed by atoms with van der Waals surface area (Å²) in [6.07, 6.45) is 1.41. The summed E-state index contributed by atoms with van der Waals surface area (Å²) in [5.74, 6) is -2.01. The quantitative estimate of drug-likeness (QED) is 0.868. The zero-order valence-electron chi connectivity index (χ0n) is 15.0. The minimum Gasteiger partial charge on any atom is -0.331 e. The molecule has 1 aliphatic rings. The van der Waals surface area contributed by atoms with Crippen molar-refractivity contribution in [3.8, 4) is 11.3 Å². The van der Waals surface area contributed by atoms with Gasteiger partial charge in [-0.15, -0.1) is 11.3 Å². The first kappa shape index (κ1) is 19.2. The molecule has 1 unspecified atom stereocenters. The van der Waals surface area contributed by atoms with Gasteiger partial charge in [-0.2, -0.15) is 0 Å². The van der Waals surface area contributed by atoms with Gasteiger partial charge in [-0.1, -0.05) is 6.07 Å². The topological polar surface area (TPSA) is 65.5 Å². The van der Waals surface area contributed by atoms with Crippen LogP contribution in [-0.4, -0.2) is 53.9 Å². The molecule has 3 amide bonds. The van der Waals surface area contributed by atoms with Gasteiger partial charge < -0.3 is 15.1 Å². The van der Waals surface area contributed by atoms with Crippen molar-refractivity contribution in [3.63, 3.8) is 0 Å². The van der Waals surface area contributed by atoms with E-state index in [2.05, 4.69) is 10.3 Å². The monoisotopic (exact) mass is 394 g/mol. The normalized spacial score (nSPS) is 16.9. The van der Waals surface area contributed by atoms with E-state index in [9.17, 15) is 18.4 Å². The fourth-order valence-corrected chi connectivity index (χ4v) is 3.75. The Balaban J connectivity index is 1.68. The Morgan fingerprint density at radius 1 is 1.30 bits per heavy atom. The molecule has 1 aromatic heterocycles. The van der Waals surface area contributed by atoms with Crippen LogP contribution in [0.1, 0.15) is 12.8 Å². The van der Waals surface area contributed by atoms with E-state index < -0.39 is 11.6 Å². The van der Waals surface area contributed by atoms with Crippen molar-refractivity contribution >= 4 is 28.4 Å². The maximum Gasteiger partial charge on any atom is 0.319 e. The number of hydrogen-bond donors (Lipinski definition) is 1. The highest BCUT2D eigenvalue weighted by Gasteiger charge is 2.29. The zero-order valence-corrected chi connectivity index (χ0v) is 15.9. The summed E-state index contributed by atoms with van der Waals surface area (Å²) < 4.78 is 27.8. The molecule has 1 atom stereocenters. The lowest BCUT2D eigenvalue weighted by molar-refractivity contribution is -0.121. The second-order valence-electron chi connectivity index (χ2n) is 6.59. The SMILES string of the molecule is CN(C)C(=O)N1CCCC(C(=O)Nc2nc(-c3c(F)cccc3F)cs2)C1. The standard InChI is InChI=1S/C18H20F2N4O2S/c1-23(2)18(26)24-8-4-5-11(9-24)16(25)22-17-21-14(10-27-17)15-12(19)6-3-7-13(15)20/h3,6-7,10-11H,4-5,8-9H2,1-2H3,(H,21,22,25). The van der Waals surface area contributed by atoms with E-state index in [1.54, 1.807) is 19.0 Å². The number of likely N-dealkylation sites (tertiary alicyclic amines) is 1. The van der Waals surface area contributed by atoms with Crippen LogP contribution in [0, 0.1) is 17.6 Å². The van der Waals surface area contributed by atoms with E-state index in [0.29, 0.717) is 19.5 Å². The average molecular weight is 394 g/mol. The van der Waals surface area contributed by atoms with Gasteiger partial charge in [0, 0.05) is 32.6 Å². The summed E-state index contributed by atoms with van der Waals surface area (Å²) in [5, 5.41) is 4.47. The van der Waals surface area contributed by atoms with Gasteiger partial charge in [0.05, 0.1) is 17.2 Å². The number of rotatable bonds is 3. The van der Waals surface area contributed by atoms with Crippen LogP contribution in [0.3, 0.4) is 0 Å². The minimum atomic E-state index is -0.705. The highest BCUT2D eigenvalue weighted by Crippen LogP contribution is 2.29. The molecule has 0 radical (unpaired) electrons. The van der Waals surface area contributed by atoms with Crippen LogP contribution in [0.25, 0.3) is 11.3 Å². The highest BCUT2D eigenvalue weighted by molar-refractivity contribution is 7.14. The fraction of sp³-hybridized carbons (Fsp3) is 0.389. The summed E-state index contributed by atoms with van der Waals surface area (Å²) in [6.45, 7) is 0.956. The molecule has 144 valence electrons. The number of benzene rings is 1. The van der Waals surface area contributed by atoms with Crippen molar-refractivity contribution in [1.29, 1.82) is 0 Å². The molecule has 0 spiro atoms. The molecule has 6 nitrogen and oxygen atoms in total. The first-order chi connectivity index (χ1) is 12.9. The van der Waals surface area contributed by atoms with Crippen LogP contribution >= 0.6 is 11.3 Å². The lowest BCUT2D eigenvalue weighted by atomic mass is 9.97.